The van der Waals surface area contributed by atoms with Gasteiger partial charge in [-0.2, -0.15) is 0 Å². The number of carbonyl (C=O) groups excluding carboxylic acids is 4. The SMILES string of the molecule is CC(C)(C)OC(=O)N1CCC(c2ccc3c4c(cccc24)C(=O)N3C2CCC(=O)CC2=O)CC1. The van der Waals surface area contributed by atoms with Crippen LogP contribution in [0, 0.1) is 0 Å². The first kappa shape index (κ1) is 22.6. The molecule has 2 aliphatic heterocycles. The predicted octanol–water partition coefficient (Wildman–Crippen LogP) is 4.61. The van der Waals surface area contributed by atoms with Gasteiger partial charge in [-0.05, 0) is 69.0 Å². The van der Waals surface area contributed by atoms with Crippen molar-refractivity contribution < 1.29 is 23.9 Å². The number of hydrogen-bond acceptors (Lipinski definition) is 5. The van der Waals surface area contributed by atoms with Crippen molar-refractivity contribution in [3.05, 3.63) is 41.5 Å². The molecule has 0 bridgehead atoms. The van der Waals surface area contributed by atoms with Crippen molar-refractivity contribution in [2.45, 2.75) is 70.4 Å². The Hall–Kier alpha value is -3.22. The molecular weight excluding hydrogens is 432 g/mol. The zero-order valence-corrected chi connectivity index (χ0v) is 19.9. The number of hydrogen-bond donors (Lipinski definition) is 0. The number of ketones is 2. The first-order valence-electron chi connectivity index (χ1n) is 12.1. The Morgan fingerprint density at radius 1 is 1.00 bits per heavy atom. The van der Waals surface area contributed by atoms with Crippen molar-refractivity contribution in [3.63, 3.8) is 0 Å². The number of rotatable bonds is 2. The highest BCUT2D eigenvalue weighted by Gasteiger charge is 2.41. The van der Waals surface area contributed by atoms with Gasteiger partial charge in [0.05, 0.1) is 18.2 Å². The zero-order valence-electron chi connectivity index (χ0n) is 19.9. The first-order chi connectivity index (χ1) is 16.1. The second-order valence-electron chi connectivity index (χ2n) is 10.6. The Balaban J connectivity index is 1.42. The van der Waals surface area contributed by atoms with Gasteiger partial charge in [-0.1, -0.05) is 18.2 Å². The van der Waals surface area contributed by atoms with Crippen molar-refractivity contribution in [2.75, 3.05) is 18.0 Å². The van der Waals surface area contributed by atoms with Crippen molar-refractivity contribution in [2.24, 2.45) is 0 Å². The highest BCUT2D eigenvalue weighted by atomic mass is 16.6. The van der Waals surface area contributed by atoms with Gasteiger partial charge in [0, 0.05) is 30.5 Å². The van der Waals surface area contributed by atoms with Gasteiger partial charge in [-0.3, -0.25) is 19.3 Å². The van der Waals surface area contributed by atoms with Crippen LogP contribution in [0.2, 0.25) is 0 Å². The lowest BCUT2D eigenvalue weighted by Gasteiger charge is -2.34. The molecule has 1 saturated heterocycles. The Labute approximate surface area is 199 Å². The van der Waals surface area contributed by atoms with E-state index >= 15 is 0 Å². The normalized spacial score (nSPS) is 21.5. The summed E-state index contributed by atoms with van der Waals surface area (Å²) in [6.45, 7) is 6.85. The van der Waals surface area contributed by atoms with Gasteiger partial charge in [0.1, 0.15) is 11.4 Å². The number of nitrogens with zero attached hydrogens (tertiary/aromatic N) is 2. The second kappa shape index (κ2) is 8.22. The van der Waals surface area contributed by atoms with Crippen LogP contribution in [0.3, 0.4) is 0 Å². The van der Waals surface area contributed by atoms with Crippen molar-refractivity contribution >= 4 is 40.0 Å². The first-order valence-corrected chi connectivity index (χ1v) is 12.1. The lowest BCUT2D eigenvalue weighted by Crippen LogP contribution is -2.46. The molecule has 0 radical (unpaired) electrons. The van der Waals surface area contributed by atoms with Crippen LogP contribution in [0.15, 0.2) is 30.3 Å². The molecule has 1 atom stereocenters. The van der Waals surface area contributed by atoms with Gasteiger partial charge >= 0.3 is 6.09 Å². The number of amides is 2. The summed E-state index contributed by atoms with van der Waals surface area (Å²) in [5.41, 5.74) is 2.03. The van der Waals surface area contributed by atoms with Gasteiger partial charge in [0.2, 0.25) is 0 Å². The van der Waals surface area contributed by atoms with E-state index in [2.05, 4.69) is 6.07 Å². The molecule has 2 heterocycles. The third kappa shape index (κ3) is 3.87. The summed E-state index contributed by atoms with van der Waals surface area (Å²) in [7, 11) is 0. The lowest BCUT2D eigenvalue weighted by atomic mass is 9.85. The molecular formula is C27H30N2O5. The zero-order chi connectivity index (χ0) is 24.2. The quantitative estimate of drug-likeness (QED) is 0.609. The summed E-state index contributed by atoms with van der Waals surface area (Å²) in [6.07, 6.45) is 1.97. The number of piperidine rings is 1. The number of likely N-dealkylation sites (tertiary alicyclic amines) is 1. The average Bonchev–Trinajstić information content (AvgIpc) is 3.06. The van der Waals surface area contributed by atoms with E-state index in [0.717, 1.165) is 29.3 Å². The molecule has 2 amide bonds. The van der Waals surface area contributed by atoms with Crippen LogP contribution < -0.4 is 4.90 Å². The maximum Gasteiger partial charge on any atom is 0.410 e. The topological polar surface area (TPSA) is 84.0 Å². The summed E-state index contributed by atoms with van der Waals surface area (Å²) in [6, 6.07) is 9.20. The smallest absolute Gasteiger partial charge is 0.410 e. The molecule has 1 saturated carbocycles. The average molecular weight is 463 g/mol. The molecule has 1 unspecified atom stereocenters. The fourth-order valence-corrected chi connectivity index (χ4v) is 5.53. The van der Waals surface area contributed by atoms with Gasteiger partial charge in [-0.25, -0.2) is 4.79 Å². The minimum Gasteiger partial charge on any atom is -0.444 e. The van der Waals surface area contributed by atoms with E-state index in [-0.39, 0.29) is 35.9 Å². The van der Waals surface area contributed by atoms with E-state index in [4.69, 9.17) is 4.74 Å². The third-order valence-electron chi connectivity index (χ3n) is 7.10. The van der Waals surface area contributed by atoms with Gasteiger partial charge < -0.3 is 9.64 Å². The maximum absolute atomic E-state index is 13.4. The van der Waals surface area contributed by atoms with Gasteiger partial charge in [0.25, 0.3) is 5.91 Å². The Bertz CT molecular complexity index is 1200. The fourth-order valence-electron chi connectivity index (χ4n) is 5.53. The summed E-state index contributed by atoms with van der Waals surface area (Å²) in [4.78, 5) is 53.5. The van der Waals surface area contributed by atoms with E-state index in [0.29, 0.717) is 31.5 Å². The fraction of sp³-hybridized carbons (Fsp3) is 0.481. The predicted molar refractivity (Wildman–Crippen MR) is 128 cm³/mol. The van der Waals surface area contributed by atoms with Crippen LogP contribution in [-0.2, 0) is 14.3 Å². The lowest BCUT2D eigenvalue weighted by molar-refractivity contribution is -0.130. The number of carbonyl (C=O) groups is 4. The molecule has 2 aromatic carbocycles. The van der Waals surface area contributed by atoms with Crippen LogP contribution in [-0.4, -0.2) is 53.2 Å². The summed E-state index contributed by atoms with van der Waals surface area (Å²) in [5, 5.41) is 1.92. The minimum absolute atomic E-state index is 0.0522. The largest absolute Gasteiger partial charge is 0.444 e. The number of benzene rings is 2. The van der Waals surface area contributed by atoms with Crippen LogP contribution in [0.4, 0.5) is 10.5 Å². The number of anilines is 1. The highest BCUT2D eigenvalue weighted by Crippen LogP contribution is 2.44. The molecule has 0 aromatic heterocycles. The number of Topliss-reactive ketones (excluding diaryl/α,β-unsaturated/α-hetero) is 2. The van der Waals surface area contributed by atoms with E-state index < -0.39 is 11.6 Å². The van der Waals surface area contributed by atoms with Crippen LogP contribution in [0.1, 0.15) is 74.7 Å². The molecule has 2 aromatic rings. The van der Waals surface area contributed by atoms with E-state index in [9.17, 15) is 19.2 Å². The Morgan fingerprint density at radius 2 is 1.74 bits per heavy atom. The van der Waals surface area contributed by atoms with Crippen molar-refractivity contribution in [1.29, 1.82) is 0 Å². The molecule has 178 valence electrons. The van der Waals surface area contributed by atoms with Crippen molar-refractivity contribution in [3.8, 4) is 0 Å². The molecule has 7 nitrogen and oxygen atoms in total. The maximum atomic E-state index is 13.4. The molecule has 7 heteroatoms. The molecule has 34 heavy (non-hydrogen) atoms. The molecule has 5 rings (SSSR count). The molecule has 3 aliphatic rings. The van der Waals surface area contributed by atoms with E-state index in [1.165, 1.54) is 5.56 Å². The molecule has 0 N–H and O–H groups in total. The van der Waals surface area contributed by atoms with Gasteiger partial charge in [-0.15, -0.1) is 0 Å². The standard InChI is InChI=1S/C27H30N2O5/c1-27(2,3)34-26(33)28-13-11-16(12-14-28)18-8-10-22-24-19(18)5-4-6-20(24)25(32)29(22)21-9-7-17(30)15-23(21)31/h4-6,8,10,16,21H,7,9,11-15H2,1-3H3. The Kier molecular flexibility index (Phi) is 5.46. The Morgan fingerprint density at radius 3 is 2.41 bits per heavy atom. The van der Waals surface area contributed by atoms with Crippen LogP contribution in [0.25, 0.3) is 10.8 Å². The summed E-state index contributed by atoms with van der Waals surface area (Å²) < 4.78 is 5.52. The van der Waals surface area contributed by atoms with Gasteiger partial charge in [0.15, 0.2) is 5.78 Å². The van der Waals surface area contributed by atoms with Crippen LogP contribution >= 0.6 is 0 Å². The molecule has 0 spiro atoms. The molecule has 1 aliphatic carbocycles. The van der Waals surface area contributed by atoms with Crippen LogP contribution in [0.5, 0.6) is 0 Å². The molecule has 2 fully saturated rings. The highest BCUT2D eigenvalue weighted by molar-refractivity contribution is 6.27. The summed E-state index contributed by atoms with van der Waals surface area (Å²) in [5.74, 6) is -0.126. The van der Waals surface area contributed by atoms with E-state index in [1.54, 1.807) is 9.80 Å². The van der Waals surface area contributed by atoms with Crippen molar-refractivity contribution in [1.82, 2.24) is 4.90 Å². The van der Waals surface area contributed by atoms with E-state index in [1.807, 2.05) is 45.0 Å². The summed E-state index contributed by atoms with van der Waals surface area (Å²) >= 11 is 0. The third-order valence-corrected chi connectivity index (χ3v) is 7.10. The second-order valence-corrected chi connectivity index (χ2v) is 10.6. The monoisotopic (exact) mass is 462 g/mol. The minimum atomic E-state index is -0.580. The number of ether oxygens (including phenoxy) is 1.